The molecule has 0 radical (unpaired) electrons. The van der Waals surface area contributed by atoms with Crippen LogP contribution in [0.4, 0.5) is 0 Å². The monoisotopic (exact) mass is 1130 g/mol. The number of methoxy groups -OCH3 is 1. The van der Waals surface area contributed by atoms with E-state index in [0.29, 0.717) is 25.0 Å². The summed E-state index contributed by atoms with van der Waals surface area (Å²) >= 11 is 0. The number of nitrogens with two attached hydrogens (primary N) is 1. The first kappa shape index (κ1) is 63.7. The molecular formula is C58H83N9O12Si. The number of nitrogens with one attached hydrogen (secondary N) is 6. The van der Waals surface area contributed by atoms with E-state index in [0.717, 1.165) is 39.0 Å². The molecule has 1 saturated heterocycles. The number of aliphatic imine (C=N–C) groups is 1. The molecule has 2 aliphatic heterocycles. The van der Waals surface area contributed by atoms with Crippen molar-refractivity contribution in [2.75, 3.05) is 33.4 Å². The Labute approximate surface area is 470 Å². The van der Waals surface area contributed by atoms with Crippen molar-refractivity contribution in [1.29, 1.82) is 0 Å². The molecule has 1 fully saturated rings. The number of primary amides is 1. The van der Waals surface area contributed by atoms with E-state index in [1.165, 1.54) is 24.2 Å². The van der Waals surface area contributed by atoms with Gasteiger partial charge in [-0.05, 0) is 72.8 Å². The van der Waals surface area contributed by atoms with Crippen molar-refractivity contribution in [3.05, 3.63) is 96.6 Å². The minimum Gasteiger partial charge on any atom is -0.467 e. The normalized spacial score (nSPS) is 17.5. The van der Waals surface area contributed by atoms with E-state index in [9.17, 15) is 43.5 Å². The van der Waals surface area contributed by atoms with Crippen LogP contribution in [0.25, 0.3) is 0 Å². The highest BCUT2D eigenvalue weighted by molar-refractivity contribution is 6.99. The Morgan fingerprint density at radius 3 is 1.86 bits per heavy atom. The highest BCUT2D eigenvalue weighted by Gasteiger charge is 2.50. The molecule has 0 aliphatic carbocycles. The fourth-order valence-corrected chi connectivity index (χ4v) is 14.5. The van der Waals surface area contributed by atoms with Gasteiger partial charge in [0.15, 0.2) is 5.96 Å². The van der Waals surface area contributed by atoms with E-state index in [1.54, 1.807) is 44.2 Å². The number of carbonyl (C=O) groups excluding carboxylic acids is 8. The second kappa shape index (κ2) is 30.4. The van der Waals surface area contributed by atoms with Crippen molar-refractivity contribution in [3.8, 4) is 0 Å². The summed E-state index contributed by atoms with van der Waals surface area (Å²) in [5, 5.41) is 28.9. The van der Waals surface area contributed by atoms with Gasteiger partial charge in [-0.2, -0.15) is 0 Å². The van der Waals surface area contributed by atoms with Crippen LogP contribution >= 0.6 is 0 Å². The molecule has 8 atom stereocenters. The first-order valence-corrected chi connectivity index (χ1v) is 29.5. The number of nitrogens with zero attached hydrogens (tertiary/aromatic N) is 2. The molecule has 2 heterocycles. The second-order valence-corrected chi connectivity index (χ2v) is 26.4. The van der Waals surface area contributed by atoms with E-state index in [1.807, 2.05) is 12.1 Å². The average molecular weight is 1130 g/mol. The van der Waals surface area contributed by atoms with Crippen LogP contribution in [0.2, 0.25) is 5.04 Å². The largest absolute Gasteiger partial charge is 0.467 e. The number of hydrogen-bond donors (Lipinski definition) is 8. The Morgan fingerprint density at radius 2 is 1.29 bits per heavy atom. The minimum atomic E-state index is -2.74. The number of aliphatic hydroxyl groups excluding tert-OH is 1. The summed E-state index contributed by atoms with van der Waals surface area (Å²) in [6.07, 6.45) is 0.304. The van der Waals surface area contributed by atoms with Crippen molar-refractivity contribution in [2.24, 2.45) is 16.6 Å². The number of hydrogen-bond acceptors (Lipinski definition) is 15. The van der Waals surface area contributed by atoms with Crippen LogP contribution in [0.1, 0.15) is 105 Å². The fourth-order valence-electron chi connectivity index (χ4n) is 9.86. The van der Waals surface area contributed by atoms with Crippen molar-refractivity contribution in [2.45, 2.75) is 160 Å². The maximum atomic E-state index is 13.8. The molecule has 5 rings (SSSR count). The van der Waals surface area contributed by atoms with Gasteiger partial charge < -0.3 is 61.5 Å². The highest BCUT2D eigenvalue weighted by Crippen LogP contribution is 2.37. The number of benzene rings is 3. The third kappa shape index (κ3) is 18.7. The molecule has 436 valence electrons. The zero-order valence-corrected chi connectivity index (χ0v) is 48.5. The molecule has 80 heavy (non-hydrogen) atoms. The molecule has 0 aromatic heterocycles. The molecule has 0 bridgehead atoms. The summed E-state index contributed by atoms with van der Waals surface area (Å²) < 4.78 is 17.7. The van der Waals surface area contributed by atoms with Gasteiger partial charge in [-0.15, -0.1) is 0 Å². The quantitative estimate of drug-likeness (QED) is 0.0279. The standard InChI is InChI=1S/C58H83N9O12Si/c1-37(2)32-45(53(73)63-46(34-48(59)69)54(74)65-47(56(76)77-8)33-40-20-12-9-13-21-40)64-55(75)51(39(4)68)66-52(72)38(3)60-49(70)26-18-19-27-50(71)78-35-41-28-30-67-31-29-42(62-57(67)61-41)36-79-80(58(5,6)7,43-22-14-10-15-23-43)44-24-16-11-17-25-44/h9-17,20-25,37-39,41-42,45-47,51,68H,18-19,26-36H2,1-8H3,(H2,59,69)(H,60,70)(H,61,62)(H,63,73)(H,64,75)(H,65,74)(H,66,72)/t38-,39+,41-,42-,45-,46-,47-,51-/m0/s1. The molecule has 21 nitrogen and oxygen atoms in total. The molecule has 3 aromatic rings. The van der Waals surface area contributed by atoms with Gasteiger partial charge in [0.25, 0.3) is 8.32 Å². The van der Waals surface area contributed by atoms with Crippen molar-refractivity contribution in [1.82, 2.24) is 36.8 Å². The second-order valence-electron chi connectivity index (χ2n) is 22.1. The van der Waals surface area contributed by atoms with Crippen LogP contribution in [-0.4, -0.2) is 153 Å². The lowest BCUT2D eigenvalue weighted by molar-refractivity contribution is -0.145. The molecule has 3 aromatic carbocycles. The summed E-state index contributed by atoms with van der Waals surface area (Å²) in [4.78, 5) is 112. The lowest BCUT2D eigenvalue weighted by atomic mass is 10.0. The number of rotatable bonds is 29. The maximum Gasteiger partial charge on any atom is 0.328 e. The molecular weight excluding hydrogens is 1040 g/mol. The Bertz CT molecular complexity index is 2550. The Balaban J connectivity index is 1.06. The number of amides is 6. The zero-order chi connectivity index (χ0) is 58.6. The third-order valence-corrected chi connectivity index (χ3v) is 19.1. The summed E-state index contributed by atoms with van der Waals surface area (Å²) in [6, 6.07) is 22.8. The van der Waals surface area contributed by atoms with E-state index in [2.05, 4.69) is 106 Å². The number of ether oxygens (including phenoxy) is 2. The van der Waals surface area contributed by atoms with Gasteiger partial charge in [-0.3, -0.25) is 33.6 Å². The van der Waals surface area contributed by atoms with Gasteiger partial charge in [0.1, 0.15) is 36.8 Å². The van der Waals surface area contributed by atoms with Crippen LogP contribution in [0.5, 0.6) is 0 Å². The lowest BCUT2D eigenvalue weighted by Crippen LogP contribution is -2.67. The predicted molar refractivity (Wildman–Crippen MR) is 304 cm³/mol. The van der Waals surface area contributed by atoms with Crippen LogP contribution < -0.4 is 48.0 Å². The van der Waals surface area contributed by atoms with Gasteiger partial charge in [0.05, 0.1) is 38.3 Å². The molecule has 22 heteroatoms. The SMILES string of the molecule is COC(=O)[C@H](Cc1ccccc1)NC(=O)[C@H](CC(N)=O)NC(=O)[C@H](CC(C)C)NC(=O)[C@@H](NC(=O)[C@H](C)NC(=O)CCCCC(=O)OC[C@@H]1CCN2CC[C@@H](CO[Si](c3ccccc3)(c3ccccc3)C(C)(C)C)N=C2N1)[C@@H](C)O. The van der Waals surface area contributed by atoms with E-state index in [4.69, 9.17) is 24.6 Å². The smallest absolute Gasteiger partial charge is 0.328 e. The van der Waals surface area contributed by atoms with Gasteiger partial charge >= 0.3 is 11.9 Å². The van der Waals surface area contributed by atoms with Crippen LogP contribution in [0.15, 0.2) is 96.0 Å². The first-order chi connectivity index (χ1) is 38.0. The summed E-state index contributed by atoms with van der Waals surface area (Å²) in [5.41, 5.74) is 6.13. The van der Waals surface area contributed by atoms with Gasteiger partial charge in [0, 0.05) is 32.4 Å². The number of unbranched alkanes of at least 4 members (excludes halogenated alkanes) is 1. The van der Waals surface area contributed by atoms with Gasteiger partial charge in [-0.1, -0.05) is 126 Å². The Hall–Kier alpha value is -7.17. The summed E-state index contributed by atoms with van der Waals surface area (Å²) in [6.45, 7) is 15.2. The Morgan fingerprint density at radius 1 is 0.725 bits per heavy atom. The van der Waals surface area contributed by atoms with Crippen molar-refractivity contribution >= 4 is 72.0 Å². The predicted octanol–water partition coefficient (Wildman–Crippen LogP) is 1.62. The van der Waals surface area contributed by atoms with Crippen LogP contribution in [-0.2, 0) is 58.7 Å². The number of carbonyl (C=O) groups is 8. The lowest BCUT2D eigenvalue weighted by Gasteiger charge is -2.44. The van der Waals surface area contributed by atoms with E-state index in [-0.39, 0.29) is 55.3 Å². The van der Waals surface area contributed by atoms with Gasteiger partial charge in [-0.25, -0.2) is 9.79 Å². The molecule has 0 spiro atoms. The zero-order valence-electron chi connectivity index (χ0n) is 47.5. The number of esters is 2. The summed E-state index contributed by atoms with van der Waals surface area (Å²) in [5.74, 6) is -5.58. The fraction of sp³-hybridized carbons (Fsp3) is 0.534. The van der Waals surface area contributed by atoms with Crippen molar-refractivity contribution < 1.29 is 57.4 Å². The molecule has 0 saturated carbocycles. The van der Waals surface area contributed by atoms with E-state index < -0.39 is 98.4 Å². The van der Waals surface area contributed by atoms with Crippen LogP contribution in [0, 0.1) is 5.92 Å². The molecule has 9 N–H and O–H groups in total. The first-order valence-electron chi connectivity index (χ1n) is 27.6. The van der Waals surface area contributed by atoms with Crippen LogP contribution in [0.3, 0.4) is 0 Å². The molecule has 0 unspecified atom stereocenters. The highest BCUT2D eigenvalue weighted by atomic mass is 28.4. The summed E-state index contributed by atoms with van der Waals surface area (Å²) in [7, 11) is -1.59. The minimum absolute atomic E-state index is 0.0108. The maximum absolute atomic E-state index is 13.8. The number of guanidine groups is 1. The topological polar surface area (TPSA) is 298 Å². The van der Waals surface area contributed by atoms with Gasteiger partial charge in [0.2, 0.25) is 35.4 Å². The Kier molecular flexibility index (Phi) is 24.2. The molecule has 6 amide bonds. The number of fused-ring (bicyclic) bond motifs is 1. The average Bonchev–Trinajstić information content (AvgIpc) is 3.54. The number of aliphatic hydroxyl groups is 1. The third-order valence-electron chi connectivity index (χ3n) is 14.1. The van der Waals surface area contributed by atoms with Crippen molar-refractivity contribution in [3.63, 3.8) is 0 Å². The van der Waals surface area contributed by atoms with E-state index >= 15 is 0 Å². The molecule has 2 aliphatic rings.